The maximum Gasteiger partial charge on any atom is 0.224 e. The molecule has 1 aromatic carbocycles. The monoisotopic (exact) mass is 242 g/mol. The number of benzene rings is 1. The normalized spacial score (nSPS) is 9.38. The standard InChI is InChI=1S/C12H18N2O.ClH/c1-10-5-7-11(8-6-10)14-12(15)4-3-9-13-2;/h5-8,13H,3-4,9H2,1-2H3,(H,14,15);1H. The van der Waals surface area contributed by atoms with Gasteiger partial charge in [-0.25, -0.2) is 0 Å². The highest BCUT2D eigenvalue weighted by Crippen LogP contribution is 2.08. The van der Waals surface area contributed by atoms with Crippen LogP contribution in [0.4, 0.5) is 5.69 Å². The summed E-state index contributed by atoms with van der Waals surface area (Å²) in [6.07, 6.45) is 1.43. The van der Waals surface area contributed by atoms with Crippen molar-refractivity contribution in [1.29, 1.82) is 0 Å². The zero-order chi connectivity index (χ0) is 11.1. The van der Waals surface area contributed by atoms with Gasteiger partial charge in [0.05, 0.1) is 0 Å². The highest BCUT2D eigenvalue weighted by atomic mass is 35.5. The van der Waals surface area contributed by atoms with Gasteiger partial charge >= 0.3 is 0 Å². The van der Waals surface area contributed by atoms with Crippen molar-refractivity contribution < 1.29 is 4.79 Å². The molecule has 0 aliphatic heterocycles. The molecule has 0 spiro atoms. The second kappa shape index (κ2) is 8.13. The zero-order valence-electron chi connectivity index (χ0n) is 9.75. The molecule has 3 nitrogen and oxygen atoms in total. The molecule has 1 rings (SSSR count). The summed E-state index contributed by atoms with van der Waals surface area (Å²) in [6.45, 7) is 2.90. The molecule has 0 fully saturated rings. The first-order valence-electron chi connectivity index (χ1n) is 5.23. The fraction of sp³-hybridized carbons (Fsp3) is 0.417. The summed E-state index contributed by atoms with van der Waals surface area (Å²) in [5.74, 6) is 0.0779. The molecule has 0 saturated heterocycles. The lowest BCUT2D eigenvalue weighted by Crippen LogP contribution is -2.15. The number of nitrogens with one attached hydrogen (secondary N) is 2. The molecule has 0 bridgehead atoms. The van der Waals surface area contributed by atoms with Crippen molar-refractivity contribution >= 4 is 24.0 Å². The number of carbonyl (C=O) groups is 1. The topological polar surface area (TPSA) is 41.1 Å². The molecule has 0 saturated carbocycles. The SMILES string of the molecule is CNCCCC(=O)Nc1ccc(C)cc1.Cl. The zero-order valence-corrected chi connectivity index (χ0v) is 10.6. The quantitative estimate of drug-likeness (QED) is 0.779. The minimum atomic E-state index is 0. The van der Waals surface area contributed by atoms with E-state index in [2.05, 4.69) is 10.6 Å². The molecule has 16 heavy (non-hydrogen) atoms. The summed E-state index contributed by atoms with van der Waals surface area (Å²) in [5.41, 5.74) is 2.07. The van der Waals surface area contributed by atoms with Gasteiger partial charge in [0.1, 0.15) is 0 Å². The van der Waals surface area contributed by atoms with E-state index in [1.54, 1.807) is 0 Å². The minimum Gasteiger partial charge on any atom is -0.326 e. The molecule has 0 aliphatic rings. The van der Waals surface area contributed by atoms with E-state index >= 15 is 0 Å². The van der Waals surface area contributed by atoms with Crippen molar-refractivity contribution in [2.75, 3.05) is 18.9 Å². The van der Waals surface area contributed by atoms with Gasteiger partial charge in [-0.3, -0.25) is 4.79 Å². The summed E-state index contributed by atoms with van der Waals surface area (Å²) in [6, 6.07) is 7.82. The van der Waals surface area contributed by atoms with E-state index in [1.807, 2.05) is 38.2 Å². The first-order valence-corrected chi connectivity index (χ1v) is 5.23. The van der Waals surface area contributed by atoms with Gasteiger partial charge in [0.15, 0.2) is 0 Å². The largest absolute Gasteiger partial charge is 0.326 e. The average Bonchev–Trinajstić information content (AvgIpc) is 2.22. The average molecular weight is 243 g/mol. The molecule has 2 N–H and O–H groups in total. The molecule has 90 valence electrons. The number of hydrogen-bond acceptors (Lipinski definition) is 2. The van der Waals surface area contributed by atoms with E-state index in [0.29, 0.717) is 6.42 Å². The van der Waals surface area contributed by atoms with E-state index in [1.165, 1.54) is 5.56 Å². The second-order valence-electron chi connectivity index (χ2n) is 3.62. The van der Waals surface area contributed by atoms with Gasteiger partial charge in [-0.2, -0.15) is 0 Å². The fourth-order valence-corrected chi connectivity index (χ4v) is 1.29. The van der Waals surface area contributed by atoms with E-state index in [4.69, 9.17) is 0 Å². The van der Waals surface area contributed by atoms with Crippen molar-refractivity contribution in [1.82, 2.24) is 5.32 Å². The third-order valence-electron chi connectivity index (χ3n) is 2.17. The Morgan fingerprint density at radius 1 is 1.25 bits per heavy atom. The minimum absolute atomic E-state index is 0. The molecule has 0 heterocycles. The molecule has 0 atom stereocenters. The molecule has 0 unspecified atom stereocenters. The van der Waals surface area contributed by atoms with Crippen molar-refractivity contribution in [2.45, 2.75) is 19.8 Å². The Balaban J connectivity index is 0.00000225. The number of carbonyl (C=O) groups excluding carboxylic acids is 1. The van der Waals surface area contributed by atoms with Crippen molar-refractivity contribution in [3.63, 3.8) is 0 Å². The molecule has 0 aromatic heterocycles. The smallest absolute Gasteiger partial charge is 0.224 e. The molecule has 4 heteroatoms. The van der Waals surface area contributed by atoms with E-state index in [-0.39, 0.29) is 18.3 Å². The lowest BCUT2D eigenvalue weighted by Gasteiger charge is -2.05. The van der Waals surface area contributed by atoms with Crippen LogP contribution in [0.2, 0.25) is 0 Å². The Kier molecular flexibility index (Phi) is 7.60. The van der Waals surface area contributed by atoms with Gasteiger partial charge in [-0.15, -0.1) is 12.4 Å². The third kappa shape index (κ3) is 5.73. The Labute approximate surface area is 103 Å². The van der Waals surface area contributed by atoms with Crippen LogP contribution in [0.15, 0.2) is 24.3 Å². The van der Waals surface area contributed by atoms with Crippen LogP contribution in [0.25, 0.3) is 0 Å². The predicted molar refractivity (Wildman–Crippen MR) is 70.2 cm³/mol. The van der Waals surface area contributed by atoms with Crippen LogP contribution < -0.4 is 10.6 Å². The van der Waals surface area contributed by atoms with Gasteiger partial charge in [0, 0.05) is 12.1 Å². The molecular weight excluding hydrogens is 224 g/mol. The van der Waals surface area contributed by atoms with Crippen LogP contribution >= 0.6 is 12.4 Å². The second-order valence-corrected chi connectivity index (χ2v) is 3.62. The lowest BCUT2D eigenvalue weighted by atomic mass is 10.2. The van der Waals surface area contributed by atoms with E-state index in [9.17, 15) is 4.79 Å². The van der Waals surface area contributed by atoms with E-state index in [0.717, 1.165) is 18.7 Å². The summed E-state index contributed by atoms with van der Waals surface area (Å²) in [4.78, 5) is 11.4. The lowest BCUT2D eigenvalue weighted by molar-refractivity contribution is -0.116. The summed E-state index contributed by atoms with van der Waals surface area (Å²) < 4.78 is 0. The molecular formula is C12H19ClN2O. The van der Waals surface area contributed by atoms with Crippen LogP contribution in [0, 0.1) is 6.92 Å². The molecule has 1 amide bonds. The third-order valence-corrected chi connectivity index (χ3v) is 2.17. The number of anilines is 1. The molecule has 0 aliphatic carbocycles. The van der Waals surface area contributed by atoms with Crippen LogP contribution in [-0.2, 0) is 4.79 Å². The van der Waals surface area contributed by atoms with Gasteiger partial charge in [-0.1, -0.05) is 17.7 Å². The van der Waals surface area contributed by atoms with E-state index < -0.39 is 0 Å². The maximum atomic E-state index is 11.4. The first kappa shape index (κ1) is 14.9. The Bertz CT molecular complexity index is 311. The Morgan fingerprint density at radius 3 is 2.44 bits per heavy atom. The van der Waals surface area contributed by atoms with Gasteiger partial charge in [0.2, 0.25) is 5.91 Å². The van der Waals surface area contributed by atoms with Crippen molar-refractivity contribution in [3.8, 4) is 0 Å². The maximum absolute atomic E-state index is 11.4. The van der Waals surface area contributed by atoms with Gasteiger partial charge in [0.25, 0.3) is 0 Å². The van der Waals surface area contributed by atoms with Gasteiger partial charge in [-0.05, 0) is 39.1 Å². The van der Waals surface area contributed by atoms with Gasteiger partial charge < -0.3 is 10.6 Å². The number of hydrogen-bond donors (Lipinski definition) is 2. The van der Waals surface area contributed by atoms with Crippen LogP contribution in [0.5, 0.6) is 0 Å². The molecule has 1 aromatic rings. The van der Waals surface area contributed by atoms with Crippen LogP contribution in [0.1, 0.15) is 18.4 Å². The Morgan fingerprint density at radius 2 is 1.88 bits per heavy atom. The first-order chi connectivity index (χ1) is 7.22. The Hall–Kier alpha value is -1.06. The summed E-state index contributed by atoms with van der Waals surface area (Å²) in [7, 11) is 1.89. The van der Waals surface area contributed by atoms with Crippen molar-refractivity contribution in [3.05, 3.63) is 29.8 Å². The fourth-order valence-electron chi connectivity index (χ4n) is 1.29. The summed E-state index contributed by atoms with van der Waals surface area (Å²) >= 11 is 0. The number of aryl methyl sites for hydroxylation is 1. The number of rotatable bonds is 5. The highest BCUT2D eigenvalue weighted by molar-refractivity contribution is 5.90. The van der Waals surface area contributed by atoms with Crippen molar-refractivity contribution in [2.24, 2.45) is 0 Å². The summed E-state index contributed by atoms with van der Waals surface area (Å²) in [5, 5.41) is 5.88. The predicted octanol–water partition coefficient (Wildman–Crippen LogP) is 2.35. The molecule has 0 radical (unpaired) electrons. The van der Waals surface area contributed by atoms with Crippen LogP contribution in [-0.4, -0.2) is 19.5 Å². The number of amides is 1. The van der Waals surface area contributed by atoms with Crippen LogP contribution in [0.3, 0.4) is 0 Å². The highest BCUT2D eigenvalue weighted by Gasteiger charge is 2.00. The number of halogens is 1.